The fourth-order valence-corrected chi connectivity index (χ4v) is 2.60. The van der Waals surface area contributed by atoms with Crippen molar-refractivity contribution in [3.8, 4) is 11.5 Å². The van der Waals surface area contributed by atoms with Crippen molar-refractivity contribution >= 4 is 23.4 Å². The van der Waals surface area contributed by atoms with Crippen molar-refractivity contribution in [3.05, 3.63) is 42.2 Å². The largest absolute Gasteiger partial charge is 0.486 e. The van der Waals surface area contributed by atoms with Gasteiger partial charge in [-0.05, 0) is 31.2 Å². The highest BCUT2D eigenvalue weighted by Gasteiger charge is 2.12. The lowest BCUT2D eigenvalue weighted by atomic mass is 10.1. The Labute approximate surface area is 143 Å². The maximum Gasteiger partial charge on any atom is 0.250 e. The quantitative estimate of drug-likeness (QED) is 0.386. The van der Waals surface area contributed by atoms with E-state index in [1.54, 1.807) is 18.5 Å². The number of ether oxygens (including phenoxy) is 2. The molecule has 1 amide bonds. The zero-order valence-corrected chi connectivity index (χ0v) is 13.9. The molecule has 1 aromatic carbocycles. The molecule has 0 unspecified atom stereocenters. The second-order valence-corrected chi connectivity index (χ2v) is 5.85. The summed E-state index contributed by atoms with van der Waals surface area (Å²) in [4.78, 5) is 19.9. The number of nitrogens with zero attached hydrogens (tertiary/aromatic N) is 3. The third-order valence-corrected chi connectivity index (χ3v) is 4.06. The van der Waals surface area contributed by atoms with Gasteiger partial charge in [0.1, 0.15) is 13.2 Å². The van der Waals surface area contributed by atoms with Crippen LogP contribution in [0.2, 0.25) is 0 Å². The maximum atomic E-state index is 11.8. The van der Waals surface area contributed by atoms with Gasteiger partial charge in [0.15, 0.2) is 16.7 Å². The minimum atomic E-state index is -0.218. The Balaban J connectivity index is 1.56. The number of fused-ring (bicyclic) bond motifs is 1. The lowest BCUT2D eigenvalue weighted by Gasteiger charge is -2.18. The van der Waals surface area contributed by atoms with Crippen LogP contribution in [0, 0.1) is 0 Å². The average molecular weight is 344 g/mol. The van der Waals surface area contributed by atoms with Crippen molar-refractivity contribution in [2.75, 3.05) is 19.0 Å². The fourth-order valence-electron chi connectivity index (χ4n) is 2.00. The Hall–Kier alpha value is -2.61. The van der Waals surface area contributed by atoms with E-state index in [9.17, 15) is 4.79 Å². The maximum absolute atomic E-state index is 11.8. The Morgan fingerprint density at radius 3 is 2.79 bits per heavy atom. The van der Waals surface area contributed by atoms with Crippen LogP contribution in [0.1, 0.15) is 12.5 Å². The minimum absolute atomic E-state index is 0.196. The van der Waals surface area contributed by atoms with Gasteiger partial charge in [0.25, 0.3) is 5.91 Å². The number of carbonyl (C=O) groups excluding carboxylic acids is 1. The molecular formula is C16H16N4O3S. The highest BCUT2D eigenvalue weighted by atomic mass is 32.2. The van der Waals surface area contributed by atoms with Crippen LogP contribution in [0.5, 0.6) is 11.5 Å². The van der Waals surface area contributed by atoms with Crippen LogP contribution in [0.4, 0.5) is 0 Å². The standard InChI is InChI=1S/C16H16N4O3S/c1-11(12-3-4-13-14(9-12)23-8-7-22-13)19-20-15(21)10-24-16-17-5-2-6-18-16/h2-6,9H,7-8,10H2,1H3,(H,20,21). The Kier molecular flexibility index (Phi) is 5.27. The van der Waals surface area contributed by atoms with Crippen LogP contribution in [0.3, 0.4) is 0 Å². The van der Waals surface area contributed by atoms with Crippen molar-refractivity contribution in [3.63, 3.8) is 0 Å². The van der Waals surface area contributed by atoms with E-state index >= 15 is 0 Å². The zero-order valence-electron chi connectivity index (χ0n) is 13.1. The van der Waals surface area contributed by atoms with Gasteiger partial charge >= 0.3 is 0 Å². The van der Waals surface area contributed by atoms with Gasteiger partial charge in [-0.1, -0.05) is 11.8 Å². The molecule has 0 spiro atoms. The Bertz CT molecular complexity index is 752. The van der Waals surface area contributed by atoms with Gasteiger partial charge in [0.2, 0.25) is 0 Å². The molecule has 1 aliphatic heterocycles. The molecule has 1 N–H and O–H groups in total. The van der Waals surface area contributed by atoms with E-state index in [-0.39, 0.29) is 11.7 Å². The van der Waals surface area contributed by atoms with E-state index in [4.69, 9.17) is 9.47 Å². The van der Waals surface area contributed by atoms with Gasteiger partial charge in [0.05, 0.1) is 11.5 Å². The number of hydrogen-bond donors (Lipinski definition) is 1. The summed E-state index contributed by atoms with van der Waals surface area (Å²) in [5.41, 5.74) is 4.07. The predicted octanol–water partition coefficient (Wildman–Crippen LogP) is 1.88. The third kappa shape index (κ3) is 4.23. The number of carbonyl (C=O) groups is 1. The van der Waals surface area contributed by atoms with E-state index in [1.165, 1.54) is 11.8 Å². The summed E-state index contributed by atoms with van der Waals surface area (Å²) in [7, 11) is 0. The molecule has 0 saturated carbocycles. The summed E-state index contributed by atoms with van der Waals surface area (Å²) in [5, 5.41) is 4.68. The second kappa shape index (κ2) is 7.78. The smallest absolute Gasteiger partial charge is 0.250 e. The van der Waals surface area contributed by atoms with Crippen molar-refractivity contribution in [2.45, 2.75) is 12.1 Å². The Morgan fingerprint density at radius 1 is 1.25 bits per heavy atom. The summed E-state index contributed by atoms with van der Waals surface area (Å²) in [6.45, 7) is 2.90. The van der Waals surface area contributed by atoms with E-state index in [2.05, 4.69) is 20.5 Å². The highest BCUT2D eigenvalue weighted by Crippen LogP contribution is 2.30. The molecule has 0 radical (unpaired) electrons. The molecule has 3 rings (SSSR count). The molecule has 8 heteroatoms. The molecular weight excluding hydrogens is 328 g/mol. The first-order chi connectivity index (χ1) is 11.7. The molecule has 0 fully saturated rings. The molecule has 1 aliphatic rings. The molecule has 24 heavy (non-hydrogen) atoms. The Morgan fingerprint density at radius 2 is 2.00 bits per heavy atom. The van der Waals surface area contributed by atoms with Crippen LogP contribution in [-0.4, -0.2) is 40.6 Å². The molecule has 0 saturated heterocycles. The topological polar surface area (TPSA) is 85.7 Å². The van der Waals surface area contributed by atoms with Crippen molar-refractivity contribution < 1.29 is 14.3 Å². The molecule has 124 valence electrons. The molecule has 0 aliphatic carbocycles. The summed E-state index contributed by atoms with van der Waals surface area (Å²) in [5.74, 6) is 1.39. The van der Waals surface area contributed by atoms with Crippen LogP contribution < -0.4 is 14.9 Å². The summed E-state index contributed by atoms with van der Waals surface area (Å²) >= 11 is 1.25. The van der Waals surface area contributed by atoms with Crippen molar-refractivity contribution in [1.29, 1.82) is 0 Å². The molecule has 2 heterocycles. The first-order valence-electron chi connectivity index (χ1n) is 7.35. The van der Waals surface area contributed by atoms with Crippen LogP contribution in [0.15, 0.2) is 46.9 Å². The van der Waals surface area contributed by atoms with E-state index < -0.39 is 0 Å². The van der Waals surface area contributed by atoms with Crippen LogP contribution in [0.25, 0.3) is 0 Å². The van der Waals surface area contributed by atoms with Gasteiger partial charge in [-0.2, -0.15) is 5.10 Å². The monoisotopic (exact) mass is 344 g/mol. The first-order valence-corrected chi connectivity index (χ1v) is 8.34. The number of aromatic nitrogens is 2. The first kappa shape index (κ1) is 16.3. The molecule has 1 aromatic heterocycles. The number of nitrogens with one attached hydrogen (secondary N) is 1. The summed E-state index contributed by atoms with van der Waals surface area (Å²) in [6.07, 6.45) is 3.27. The molecule has 2 aromatic rings. The molecule has 7 nitrogen and oxygen atoms in total. The predicted molar refractivity (Wildman–Crippen MR) is 90.5 cm³/mol. The van der Waals surface area contributed by atoms with Gasteiger partial charge in [-0.3, -0.25) is 4.79 Å². The molecule has 0 bridgehead atoms. The highest BCUT2D eigenvalue weighted by molar-refractivity contribution is 7.99. The fraction of sp³-hybridized carbons (Fsp3) is 0.250. The van der Waals surface area contributed by atoms with E-state index in [0.29, 0.717) is 29.8 Å². The van der Waals surface area contributed by atoms with E-state index in [1.807, 2.05) is 25.1 Å². The lowest BCUT2D eigenvalue weighted by molar-refractivity contribution is -0.118. The molecule has 0 atom stereocenters. The minimum Gasteiger partial charge on any atom is -0.486 e. The van der Waals surface area contributed by atoms with E-state index in [0.717, 1.165) is 11.3 Å². The number of benzene rings is 1. The normalized spacial score (nSPS) is 13.5. The zero-order chi connectivity index (χ0) is 16.8. The van der Waals surface area contributed by atoms with Crippen LogP contribution >= 0.6 is 11.8 Å². The number of amides is 1. The SMILES string of the molecule is CC(=NNC(=O)CSc1ncccn1)c1ccc2c(c1)OCCO2. The number of thioether (sulfide) groups is 1. The van der Waals surface area contributed by atoms with Crippen LogP contribution in [-0.2, 0) is 4.79 Å². The van der Waals surface area contributed by atoms with Gasteiger partial charge in [-0.25, -0.2) is 15.4 Å². The lowest BCUT2D eigenvalue weighted by Crippen LogP contribution is -2.21. The van der Waals surface area contributed by atoms with Crippen molar-refractivity contribution in [1.82, 2.24) is 15.4 Å². The van der Waals surface area contributed by atoms with Crippen molar-refractivity contribution in [2.24, 2.45) is 5.10 Å². The third-order valence-electron chi connectivity index (χ3n) is 3.18. The number of rotatable bonds is 5. The van der Waals surface area contributed by atoms with Gasteiger partial charge in [0, 0.05) is 18.0 Å². The van der Waals surface area contributed by atoms with Gasteiger partial charge < -0.3 is 9.47 Å². The summed E-state index contributed by atoms with van der Waals surface area (Å²) < 4.78 is 11.0. The number of hydrazone groups is 1. The second-order valence-electron chi connectivity index (χ2n) is 4.91. The average Bonchev–Trinajstić information content (AvgIpc) is 2.65. The number of hydrogen-bond acceptors (Lipinski definition) is 7. The summed E-state index contributed by atoms with van der Waals surface area (Å²) in [6, 6.07) is 7.30. The van der Waals surface area contributed by atoms with Gasteiger partial charge in [-0.15, -0.1) is 0 Å².